The fourth-order valence-electron chi connectivity index (χ4n) is 4.20. The summed E-state index contributed by atoms with van der Waals surface area (Å²) in [5.74, 6) is 3.83. The SMILES string of the molecule is CCNC(=NCc1nnc2n1CCCC2)N1CCC(Cc2ccccc2)C1.I. The van der Waals surface area contributed by atoms with E-state index in [1.807, 2.05) is 0 Å². The standard InChI is InChI=1S/C21H30N6.HI/c1-2-22-21(23-15-20-25-24-19-10-6-7-12-27(19)20)26-13-11-18(16-26)14-17-8-4-3-5-9-17;/h3-5,8-9,18H,2,6-7,10-16H2,1H3,(H,22,23);1H. The van der Waals surface area contributed by atoms with Crippen LogP contribution in [0, 0.1) is 5.92 Å². The molecule has 2 aromatic rings. The highest BCUT2D eigenvalue weighted by Crippen LogP contribution is 2.21. The summed E-state index contributed by atoms with van der Waals surface area (Å²) in [7, 11) is 0. The number of nitrogens with zero attached hydrogens (tertiary/aromatic N) is 5. The van der Waals surface area contributed by atoms with Crippen molar-refractivity contribution < 1.29 is 0 Å². The van der Waals surface area contributed by atoms with E-state index in [-0.39, 0.29) is 24.0 Å². The fraction of sp³-hybridized carbons (Fsp3) is 0.571. The molecule has 28 heavy (non-hydrogen) atoms. The van der Waals surface area contributed by atoms with E-state index in [0.29, 0.717) is 12.5 Å². The van der Waals surface area contributed by atoms with Crippen LogP contribution in [0.1, 0.15) is 43.4 Å². The van der Waals surface area contributed by atoms with Crippen LogP contribution >= 0.6 is 24.0 Å². The van der Waals surface area contributed by atoms with Gasteiger partial charge in [-0.1, -0.05) is 30.3 Å². The van der Waals surface area contributed by atoms with Crippen LogP contribution in [0.25, 0.3) is 0 Å². The molecule has 1 aromatic heterocycles. The Morgan fingerprint density at radius 3 is 2.86 bits per heavy atom. The van der Waals surface area contributed by atoms with Gasteiger partial charge in [0.25, 0.3) is 0 Å². The van der Waals surface area contributed by atoms with Gasteiger partial charge in [0.2, 0.25) is 0 Å². The van der Waals surface area contributed by atoms with Crippen molar-refractivity contribution in [2.45, 2.75) is 52.1 Å². The minimum atomic E-state index is 0. The molecular formula is C21H31IN6. The molecule has 1 atom stereocenters. The van der Waals surface area contributed by atoms with Gasteiger partial charge in [-0.3, -0.25) is 0 Å². The third-order valence-electron chi connectivity index (χ3n) is 5.59. The van der Waals surface area contributed by atoms with Crippen molar-refractivity contribution in [1.82, 2.24) is 25.0 Å². The first-order valence-corrected chi connectivity index (χ1v) is 10.3. The molecule has 1 fully saturated rings. The van der Waals surface area contributed by atoms with Gasteiger partial charge in [0, 0.05) is 32.6 Å². The Kier molecular flexibility index (Phi) is 7.70. The van der Waals surface area contributed by atoms with Crippen LogP contribution in [0.3, 0.4) is 0 Å². The smallest absolute Gasteiger partial charge is 0.194 e. The van der Waals surface area contributed by atoms with Crippen molar-refractivity contribution in [3.8, 4) is 0 Å². The molecule has 0 amide bonds. The van der Waals surface area contributed by atoms with Gasteiger partial charge < -0.3 is 14.8 Å². The number of rotatable bonds is 5. The van der Waals surface area contributed by atoms with Gasteiger partial charge in [-0.25, -0.2) is 4.99 Å². The van der Waals surface area contributed by atoms with Crippen LogP contribution in [-0.4, -0.2) is 45.3 Å². The van der Waals surface area contributed by atoms with E-state index in [0.717, 1.165) is 56.6 Å². The lowest BCUT2D eigenvalue weighted by Crippen LogP contribution is -2.40. The predicted octanol–water partition coefficient (Wildman–Crippen LogP) is 3.26. The Morgan fingerprint density at radius 1 is 1.18 bits per heavy atom. The number of fused-ring (bicyclic) bond motifs is 1. The number of aromatic nitrogens is 3. The quantitative estimate of drug-likeness (QED) is 0.394. The number of benzene rings is 1. The zero-order valence-electron chi connectivity index (χ0n) is 16.7. The van der Waals surface area contributed by atoms with E-state index in [4.69, 9.17) is 4.99 Å². The summed E-state index contributed by atoms with van der Waals surface area (Å²) in [6.07, 6.45) is 5.86. The molecule has 1 unspecified atom stereocenters. The Labute approximate surface area is 184 Å². The second kappa shape index (κ2) is 10.2. The minimum Gasteiger partial charge on any atom is -0.357 e. The molecule has 152 valence electrons. The van der Waals surface area contributed by atoms with Gasteiger partial charge in [0.15, 0.2) is 11.8 Å². The first-order chi connectivity index (χ1) is 13.3. The summed E-state index contributed by atoms with van der Waals surface area (Å²) in [6, 6.07) is 10.8. The number of guanidine groups is 1. The first-order valence-electron chi connectivity index (χ1n) is 10.3. The molecule has 1 saturated heterocycles. The summed E-state index contributed by atoms with van der Waals surface area (Å²) in [5, 5.41) is 12.2. The summed E-state index contributed by atoms with van der Waals surface area (Å²) < 4.78 is 2.26. The maximum absolute atomic E-state index is 4.90. The van der Waals surface area contributed by atoms with Crippen LogP contribution in [-0.2, 0) is 25.9 Å². The van der Waals surface area contributed by atoms with E-state index in [1.54, 1.807) is 0 Å². The monoisotopic (exact) mass is 494 g/mol. The van der Waals surface area contributed by atoms with Crippen LogP contribution in [0.5, 0.6) is 0 Å². The third-order valence-corrected chi connectivity index (χ3v) is 5.59. The molecule has 1 aromatic carbocycles. The number of likely N-dealkylation sites (tertiary alicyclic amines) is 1. The number of aliphatic imine (C=N–C) groups is 1. The number of halogens is 1. The fourth-order valence-corrected chi connectivity index (χ4v) is 4.20. The lowest BCUT2D eigenvalue weighted by molar-refractivity contribution is 0.458. The zero-order valence-corrected chi connectivity index (χ0v) is 19.0. The highest BCUT2D eigenvalue weighted by atomic mass is 127. The number of nitrogens with one attached hydrogen (secondary N) is 1. The van der Waals surface area contributed by atoms with Crippen molar-refractivity contribution in [2.24, 2.45) is 10.9 Å². The maximum Gasteiger partial charge on any atom is 0.194 e. The molecule has 3 heterocycles. The first kappa shape index (κ1) is 21.1. The number of hydrogen-bond acceptors (Lipinski definition) is 3. The lowest BCUT2D eigenvalue weighted by Gasteiger charge is -2.22. The van der Waals surface area contributed by atoms with Crippen molar-refractivity contribution >= 4 is 29.9 Å². The molecule has 0 aliphatic carbocycles. The molecule has 6 nitrogen and oxygen atoms in total. The molecule has 1 N–H and O–H groups in total. The van der Waals surface area contributed by atoms with Crippen molar-refractivity contribution in [2.75, 3.05) is 19.6 Å². The maximum atomic E-state index is 4.90. The molecular weight excluding hydrogens is 463 g/mol. The zero-order chi connectivity index (χ0) is 18.5. The van der Waals surface area contributed by atoms with Crippen LogP contribution in [0.4, 0.5) is 0 Å². The average Bonchev–Trinajstić information content (AvgIpc) is 3.33. The summed E-state index contributed by atoms with van der Waals surface area (Å²) in [4.78, 5) is 7.30. The molecule has 0 spiro atoms. The van der Waals surface area contributed by atoms with Crippen molar-refractivity contribution in [3.63, 3.8) is 0 Å². The average molecular weight is 494 g/mol. The van der Waals surface area contributed by atoms with E-state index in [2.05, 4.69) is 62.2 Å². The highest BCUT2D eigenvalue weighted by Gasteiger charge is 2.25. The summed E-state index contributed by atoms with van der Waals surface area (Å²) in [6.45, 7) is 6.80. The van der Waals surface area contributed by atoms with Crippen LogP contribution in [0.15, 0.2) is 35.3 Å². The Hall–Kier alpha value is -1.64. The highest BCUT2D eigenvalue weighted by molar-refractivity contribution is 14.0. The van der Waals surface area contributed by atoms with Gasteiger partial charge in [-0.2, -0.15) is 0 Å². The van der Waals surface area contributed by atoms with Gasteiger partial charge in [-0.15, -0.1) is 34.2 Å². The Balaban J connectivity index is 0.00000225. The third kappa shape index (κ3) is 5.04. The van der Waals surface area contributed by atoms with E-state index < -0.39 is 0 Å². The molecule has 0 radical (unpaired) electrons. The van der Waals surface area contributed by atoms with E-state index in [1.165, 1.54) is 24.8 Å². The second-order valence-electron chi connectivity index (χ2n) is 7.60. The number of hydrogen-bond donors (Lipinski definition) is 1. The number of aryl methyl sites for hydroxylation is 1. The van der Waals surface area contributed by atoms with E-state index >= 15 is 0 Å². The van der Waals surface area contributed by atoms with Gasteiger partial charge in [0.05, 0.1) is 0 Å². The molecule has 2 aliphatic heterocycles. The molecule has 4 rings (SSSR count). The van der Waals surface area contributed by atoms with Crippen LogP contribution in [0.2, 0.25) is 0 Å². The minimum absolute atomic E-state index is 0. The van der Waals surface area contributed by atoms with Gasteiger partial charge in [-0.05, 0) is 44.1 Å². The molecule has 0 bridgehead atoms. The normalized spacial score (nSPS) is 19.2. The van der Waals surface area contributed by atoms with Gasteiger partial charge >= 0.3 is 0 Å². The van der Waals surface area contributed by atoms with Crippen LogP contribution < -0.4 is 5.32 Å². The molecule has 7 heteroatoms. The van der Waals surface area contributed by atoms with Crippen molar-refractivity contribution in [1.29, 1.82) is 0 Å². The summed E-state index contributed by atoms with van der Waals surface area (Å²) in [5.41, 5.74) is 1.43. The Bertz CT molecular complexity index is 772. The van der Waals surface area contributed by atoms with Gasteiger partial charge in [0.1, 0.15) is 12.4 Å². The Morgan fingerprint density at radius 2 is 2.04 bits per heavy atom. The lowest BCUT2D eigenvalue weighted by atomic mass is 9.99. The topological polar surface area (TPSA) is 58.3 Å². The second-order valence-corrected chi connectivity index (χ2v) is 7.60. The summed E-state index contributed by atoms with van der Waals surface area (Å²) >= 11 is 0. The largest absolute Gasteiger partial charge is 0.357 e. The van der Waals surface area contributed by atoms with Crippen molar-refractivity contribution in [3.05, 3.63) is 47.5 Å². The van der Waals surface area contributed by atoms with E-state index in [9.17, 15) is 0 Å². The molecule has 0 saturated carbocycles. The predicted molar refractivity (Wildman–Crippen MR) is 123 cm³/mol. The molecule has 2 aliphatic rings.